The van der Waals surface area contributed by atoms with Crippen molar-refractivity contribution in [1.29, 1.82) is 0 Å². The maximum atomic E-state index is 14.3. The lowest BCUT2D eigenvalue weighted by Crippen LogP contribution is -2.19. The maximum Gasteiger partial charge on any atom is 0.338 e. The summed E-state index contributed by atoms with van der Waals surface area (Å²) < 4.78 is 40.6. The predicted molar refractivity (Wildman–Crippen MR) is 79.3 cm³/mol. The maximum absolute atomic E-state index is 14.3. The van der Waals surface area contributed by atoms with E-state index in [9.17, 15) is 18.0 Å². The Morgan fingerprint density at radius 3 is 2.61 bits per heavy atom. The zero-order chi connectivity index (χ0) is 16.6. The molecule has 6 heteroatoms. The van der Waals surface area contributed by atoms with E-state index >= 15 is 0 Å². The Morgan fingerprint density at radius 1 is 1.13 bits per heavy atom. The number of hydrogen-bond acceptors (Lipinski definition) is 2. The molecule has 3 nitrogen and oxygen atoms in total. The van der Waals surface area contributed by atoms with E-state index in [0.717, 1.165) is 12.1 Å². The van der Waals surface area contributed by atoms with Crippen LogP contribution in [0.2, 0.25) is 0 Å². The van der Waals surface area contributed by atoms with E-state index < -0.39 is 23.4 Å². The van der Waals surface area contributed by atoms with Gasteiger partial charge in [0.2, 0.25) is 0 Å². The number of anilines is 1. The van der Waals surface area contributed by atoms with E-state index in [4.69, 9.17) is 5.11 Å². The zero-order valence-corrected chi connectivity index (χ0v) is 12.1. The minimum absolute atomic E-state index is 0.192. The molecule has 0 bridgehead atoms. The van der Waals surface area contributed by atoms with Crippen molar-refractivity contribution in [2.45, 2.75) is 12.3 Å². The monoisotopic (exact) mass is 321 g/mol. The smallest absolute Gasteiger partial charge is 0.338 e. The van der Waals surface area contributed by atoms with E-state index in [1.165, 1.54) is 18.2 Å². The minimum atomic E-state index is -1.31. The Bertz CT molecular complexity index is 763. The molecule has 3 rings (SSSR count). The molecule has 1 heterocycles. The molecule has 1 aliphatic rings. The molecule has 0 saturated carbocycles. The fourth-order valence-corrected chi connectivity index (χ4v) is 2.96. The van der Waals surface area contributed by atoms with Crippen LogP contribution in [0.1, 0.15) is 28.3 Å². The van der Waals surface area contributed by atoms with E-state index in [-0.39, 0.29) is 11.5 Å². The van der Waals surface area contributed by atoms with Gasteiger partial charge in [0.15, 0.2) is 11.6 Å². The van der Waals surface area contributed by atoms with Gasteiger partial charge in [-0.2, -0.15) is 0 Å². The van der Waals surface area contributed by atoms with Gasteiger partial charge in [0, 0.05) is 30.8 Å². The van der Waals surface area contributed by atoms with Gasteiger partial charge in [-0.15, -0.1) is 0 Å². The van der Waals surface area contributed by atoms with E-state index in [1.54, 1.807) is 6.07 Å². The van der Waals surface area contributed by atoms with Crippen molar-refractivity contribution >= 4 is 11.7 Å². The summed E-state index contributed by atoms with van der Waals surface area (Å²) >= 11 is 0. The minimum Gasteiger partial charge on any atom is -0.478 e. The molecule has 1 fully saturated rings. The molecule has 0 radical (unpaired) electrons. The highest BCUT2D eigenvalue weighted by Crippen LogP contribution is 2.33. The standard InChI is InChI=1S/C17H14F3NO2/c18-14-5-4-11(8-15(14)19)21-7-6-10(9-21)12-2-1-3-13(16(12)20)17(22)23/h1-5,8,10H,6-7,9H2,(H,22,23). The van der Waals surface area contributed by atoms with Gasteiger partial charge in [-0.3, -0.25) is 0 Å². The van der Waals surface area contributed by atoms with Crippen LogP contribution < -0.4 is 4.90 Å². The van der Waals surface area contributed by atoms with Crippen LogP contribution in [-0.2, 0) is 0 Å². The number of aromatic carboxylic acids is 1. The van der Waals surface area contributed by atoms with Gasteiger partial charge >= 0.3 is 5.97 Å². The average molecular weight is 321 g/mol. The van der Waals surface area contributed by atoms with E-state index in [0.29, 0.717) is 30.8 Å². The van der Waals surface area contributed by atoms with Crippen LogP contribution in [0.15, 0.2) is 36.4 Å². The van der Waals surface area contributed by atoms with Gasteiger partial charge in [0.05, 0.1) is 5.56 Å². The first-order valence-corrected chi connectivity index (χ1v) is 7.19. The van der Waals surface area contributed by atoms with Crippen LogP contribution in [0, 0.1) is 17.5 Å². The zero-order valence-electron chi connectivity index (χ0n) is 12.1. The Labute approximate surface area is 131 Å². The summed E-state index contributed by atoms with van der Waals surface area (Å²) in [4.78, 5) is 12.8. The summed E-state index contributed by atoms with van der Waals surface area (Å²) in [5.74, 6) is -4.06. The van der Waals surface area contributed by atoms with Gasteiger partial charge in [0.25, 0.3) is 0 Å². The number of rotatable bonds is 3. The predicted octanol–water partition coefficient (Wildman–Crippen LogP) is 3.80. The van der Waals surface area contributed by atoms with Crippen molar-refractivity contribution < 1.29 is 23.1 Å². The number of benzene rings is 2. The molecule has 2 aromatic carbocycles. The van der Waals surface area contributed by atoms with Crippen molar-refractivity contribution in [2.24, 2.45) is 0 Å². The molecular weight excluding hydrogens is 307 g/mol. The van der Waals surface area contributed by atoms with Gasteiger partial charge in [-0.05, 0) is 30.2 Å². The molecule has 1 atom stereocenters. The molecule has 1 saturated heterocycles. The van der Waals surface area contributed by atoms with Crippen molar-refractivity contribution in [3.63, 3.8) is 0 Å². The second-order valence-electron chi connectivity index (χ2n) is 5.54. The lowest BCUT2D eigenvalue weighted by molar-refractivity contribution is 0.0691. The van der Waals surface area contributed by atoms with Crippen LogP contribution in [0.3, 0.4) is 0 Å². The lowest BCUT2D eigenvalue weighted by atomic mass is 9.96. The van der Waals surface area contributed by atoms with Crippen molar-refractivity contribution in [3.8, 4) is 0 Å². The summed E-state index contributed by atoms with van der Waals surface area (Å²) in [5.41, 5.74) is 0.518. The number of carboxylic acid groups (broad SMARTS) is 1. The van der Waals surface area contributed by atoms with Gasteiger partial charge in [-0.1, -0.05) is 12.1 Å². The molecule has 1 aliphatic heterocycles. The van der Waals surface area contributed by atoms with E-state index in [1.807, 2.05) is 4.90 Å². The Balaban J connectivity index is 1.84. The third kappa shape index (κ3) is 2.88. The molecule has 1 unspecified atom stereocenters. The third-order valence-electron chi connectivity index (χ3n) is 4.16. The quantitative estimate of drug-likeness (QED) is 0.935. The normalized spacial score (nSPS) is 17.5. The van der Waals surface area contributed by atoms with Crippen molar-refractivity contribution in [3.05, 3.63) is 65.0 Å². The summed E-state index contributed by atoms with van der Waals surface area (Å²) in [6.07, 6.45) is 0.610. The summed E-state index contributed by atoms with van der Waals surface area (Å²) in [6, 6.07) is 7.96. The second-order valence-corrected chi connectivity index (χ2v) is 5.54. The van der Waals surface area contributed by atoms with E-state index in [2.05, 4.69) is 0 Å². The fraction of sp³-hybridized carbons (Fsp3) is 0.235. The second kappa shape index (κ2) is 5.95. The lowest BCUT2D eigenvalue weighted by Gasteiger charge is -2.19. The molecule has 1 N–H and O–H groups in total. The van der Waals surface area contributed by atoms with Gasteiger partial charge < -0.3 is 10.0 Å². The topological polar surface area (TPSA) is 40.5 Å². The number of hydrogen-bond donors (Lipinski definition) is 1. The average Bonchev–Trinajstić information content (AvgIpc) is 2.99. The van der Waals surface area contributed by atoms with Crippen LogP contribution in [0.4, 0.5) is 18.9 Å². The Hall–Kier alpha value is -2.50. The summed E-state index contributed by atoms with van der Waals surface area (Å²) in [6.45, 7) is 0.984. The summed E-state index contributed by atoms with van der Waals surface area (Å²) in [5, 5.41) is 8.99. The highest BCUT2D eigenvalue weighted by atomic mass is 19.2. The molecule has 0 amide bonds. The number of nitrogens with zero attached hydrogens (tertiary/aromatic N) is 1. The first kappa shape index (κ1) is 15.4. The third-order valence-corrected chi connectivity index (χ3v) is 4.16. The molecule has 23 heavy (non-hydrogen) atoms. The van der Waals surface area contributed by atoms with Gasteiger partial charge in [0.1, 0.15) is 5.82 Å². The molecular formula is C17H14F3NO2. The van der Waals surface area contributed by atoms with Crippen LogP contribution in [0.25, 0.3) is 0 Å². The highest BCUT2D eigenvalue weighted by molar-refractivity contribution is 5.88. The van der Waals surface area contributed by atoms with Crippen LogP contribution in [-0.4, -0.2) is 24.2 Å². The van der Waals surface area contributed by atoms with Crippen molar-refractivity contribution in [2.75, 3.05) is 18.0 Å². The first-order chi connectivity index (χ1) is 11.0. The largest absolute Gasteiger partial charge is 0.478 e. The highest BCUT2D eigenvalue weighted by Gasteiger charge is 2.28. The molecule has 0 aromatic heterocycles. The molecule has 120 valence electrons. The molecule has 0 aliphatic carbocycles. The Kier molecular flexibility index (Phi) is 3.98. The number of halogens is 3. The van der Waals surface area contributed by atoms with Crippen molar-refractivity contribution in [1.82, 2.24) is 0 Å². The number of carbonyl (C=O) groups is 1. The molecule has 2 aromatic rings. The first-order valence-electron chi connectivity index (χ1n) is 7.19. The van der Waals surface area contributed by atoms with Gasteiger partial charge in [-0.25, -0.2) is 18.0 Å². The Morgan fingerprint density at radius 2 is 1.91 bits per heavy atom. The summed E-state index contributed by atoms with van der Waals surface area (Å²) in [7, 11) is 0. The van der Waals surface area contributed by atoms with Crippen LogP contribution >= 0.6 is 0 Å². The number of carboxylic acids is 1. The van der Waals surface area contributed by atoms with Crippen LogP contribution in [0.5, 0.6) is 0 Å². The fourth-order valence-electron chi connectivity index (χ4n) is 2.96. The molecule has 0 spiro atoms. The SMILES string of the molecule is O=C(O)c1cccc(C2CCN(c3ccc(F)c(F)c3)C2)c1F.